The molecule has 24 heavy (non-hydrogen) atoms. The van der Waals surface area contributed by atoms with E-state index < -0.39 is 0 Å². The molecular weight excluding hydrogens is 390 g/mol. The summed E-state index contributed by atoms with van der Waals surface area (Å²) in [6.07, 6.45) is 3.27. The molecule has 2 heterocycles. The fraction of sp³-hybridized carbons (Fsp3) is 0. The van der Waals surface area contributed by atoms with E-state index in [9.17, 15) is 4.79 Å². The molecule has 1 N–H and O–H groups in total. The Bertz CT molecular complexity index is 1030. The van der Waals surface area contributed by atoms with Crippen LogP contribution in [0.25, 0.3) is 15.9 Å². The van der Waals surface area contributed by atoms with Crippen molar-refractivity contribution < 1.29 is 4.79 Å². The van der Waals surface area contributed by atoms with Gasteiger partial charge in [-0.1, -0.05) is 23.5 Å². The van der Waals surface area contributed by atoms with E-state index in [1.165, 1.54) is 11.3 Å². The second kappa shape index (κ2) is 6.14. The number of rotatable bonds is 3. The third-order valence-electron chi connectivity index (χ3n) is 3.43. The van der Waals surface area contributed by atoms with Crippen LogP contribution in [0.2, 0.25) is 0 Å². The van der Waals surface area contributed by atoms with Gasteiger partial charge in [0, 0.05) is 10.2 Å². The Balaban J connectivity index is 1.63. The van der Waals surface area contributed by atoms with Gasteiger partial charge in [-0.25, -0.2) is 4.98 Å². The lowest BCUT2D eigenvalue weighted by molar-refractivity contribution is 0.102. The maximum atomic E-state index is 12.4. The number of nitrogens with one attached hydrogen (secondary N) is 1. The molecule has 0 spiro atoms. The summed E-state index contributed by atoms with van der Waals surface area (Å²) >= 11 is 4.81. The van der Waals surface area contributed by atoms with Gasteiger partial charge in [-0.05, 0) is 46.3 Å². The summed E-state index contributed by atoms with van der Waals surface area (Å²) in [7, 11) is 0. The van der Waals surface area contributed by atoms with Crippen molar-refractivity contribution >= 4 is 48.5 Å². The lowest BCUT2D eigenvalue weighted by Crippen LogP contribution is -2.12. The molecule has 0 aliphatic carbocycles. The van der Waals surface area contributed by atoms with Crippen molar-refractivity contribution in [2.45, 2.75) is 0 Å². The molecule has 0 saturated heterocycles. The van der Waals surface area contributed by atoms with Crippen LogP contribution >= 0.6 is 27.3 Å². The second-order valence-corrected chi connectivity index (χ2v) is 6.86. The number of nitrogens with zero attached hydrogens (tertiary/aromatic N) is 4. The minimum atomic E-state index is -0.194. The predicted octanol–water partition coefficient (Wildman–Crippen LogP) is 3.89. The van der Waals surface area contributed by atoms with Crippen LogP contribution in [0.5, 0.6) is 0 Å². The number of amides is 1. The maximum absolute atomic E-state index is 12.4. The van der Waals surface area contributed by atoms with Crippen LogP contribution < -0.4 is 5.32 Å². The van der Waals surface area contributed by atoms with E-state index in [1.54, 1.807) is 18.7 Å². The van der Waals surface area contributed by atoms with Crippen LogP contribution in [0.3, 0.4) is 0 Å². The zero-order valence-electron chi connectivity index (χ0n) is 12.2. The van der Waals surface area contributed by atoms with Crippen LogP contribution in [0.4, 0.5) is 5.13 Å². The summed E-state index contributed by atoms with van der Waals surface area (Å²) in [5.74, 6) is -0.194. The van der Waals surface area contributed by atoms with E-state index in [2.05, 4.69) is 36.4 Å². The van der Waals surface area contributed by atoms with Gasteiger partial charge in [0.05, 0.1) is 15.8 Å². The van der Waals surface area contributed by atoms with E-state index in [-0.39, 0.29) is 5.91 Å². The Kier molecular flexibility index (Phi) is 3.83. The molecule has 6 nitrogen and oxygen atoms in total. The van der Waals surface area contributed by atoms with Gasteiger partial charge in [0.15, 0.2) is 5.13 Å². The molecule has 0 bridgehead atoms. The number of carbonyl (C=O) groups excluding carboxylic acids is 1. The van der Waals surface area contributed by atoms with E-state index >= 15 is 0 Å². The highest BCUT2D eigenvalue weighted by molar-refractivity contribution is 9.10. The number of fused-ring (bicyclic) bond motifs is 1. The highest BCUT2D eigenvalue weighted by Gasteiger charge is 2.12. The number of carbonyl (C=O) groups is 1. The first kappa shape index (κ1) is 15.0. The minimum absolute atomic E-state index is 0.194. The Labute approximate surface area is 149 Å². The lowest BCUT2D eigenvalue weighted by Gasteiger charge is -2.03. The van der Waals surface area contributed by atoms with Gasteiger partial charge in [-0.15, -0.1) is 10.2 Å². The third-order valence-corrected chi connectivity index (χ3v) is 5.05. The maximum Gasteiger partial charge on any atom is 0.258 e. The van der Waals surface area contributed by atoms with E-state index in [0.717, 1.165) is 20.4 Å². The molecule has 118 valence electrons. The SMILES string of the molecule is O=C(Nc1nc2ccc(-n3cnnc3)cc2s1)c1ccccc1Br. The quantitative estimate of drug-likeness (QED) is 0.566. The topological polar surface area (TPSA) is 72.7 Å². The van der Waals surface area contributed by atoms with Gasteiger partial charge in [-0.2, -0.15) is 0 Å². The molecule has 0 atom stereocenters. The number of benzene rings is 2. The number of hydrogen-bond acceptors (Lipinski definition) is 5. The van der Waals surface area contributed by atoms with Crippen molar-refractivity contribution in [2.75, 3.05) is 5.32 Å². The number of hydrogen-bond donors (Lipinski definition) is 1. The molecular formula is C16H10BrN5OS. The molecule has 0 radical (unpaired) electrons. The average molecular weight is 400 g/mol. The van der Waals surface area contributed by atoms with Crippen LogP contribution in [0.15, 0.2) is 59.6 Å². The van der Waals surface area contributed by atoms with Gasteiger partial charge in [-0.3, -0.25) is 14.7 Å². The summed E-state index contributed by atoms with van der Waals surface area (Å²) in [4.78, 5) is 16.8. The normalized spacial score (nSPS) is 10.9. The number of aromatic nitrogens is 4. The Morgan fingerprint density at radius 3 is 2.71 bits per heavy atom. The van der Waals surface area contributed by atoms with Crippen LogP contribution in [0.1, 0.15) is 10.4 Å². The first-order valence-electron chi connectivity index (χ1n) is 7.02. The van der Waals surface area contributed by atoms with Gasteiger partial charge < -0.3 is 0 Å². The Morgan fingerprint density at radius 2 is 1.92 bits per heavy atom. The van der Waals surface area contributed by atoms with E-state index in [1.807, 2.05) is 41.0 Å². The predicted molar refractivity (Wildman–Crippen MR) is 96.6 cm³/mol. The average Bonchev–Trinajstić information content (AvgIpc) is 3.23. The molecule has 4 aromatic rings. The molecule has 0 fully saturated rings. The highest BCUT2D eigenvalue weighted by Crippen LogP contribution is 2.28. The zero-order chi connectivity index (χ0) is 16.5. The van der Waals surface area contributed by atoms with Crippen molar-refractivity contribution in [1.29, 1.82) is 0 Å². The summed E-state index contributed by atoms with van der Waals surface area (Å²) in [6.45, 7) is 0. The van der Waals surface area contributed by atoms with Gasteiger partial charge in [0.25, 0.3) is 5.91 Å². The van der Waals surface area contributed by atoms with E-state index in [0.29, 0.717) is 10.7 Å². The molecule has 0 saturated carbocycles. The number of anilines is 1. The summed E-state index contributed by atoms with van der Waals surface area (Å²) in [5, 5.41) is 11.0. The lowest BCUT2D eigenvalue weighted by atomic mass is 10.2. The highest BCUT2D eigenvalue weighted by atomic mass is 79.9. The monoisotopic (exact) mass is 399 g/mol. The van der Waals surface area contributed by atoms with Crippen molar-refractivity contribution in [3.05, 3.63) is 65.2 Å². The summed E-state index contributed by atoms with van der Waals surface area (Å²) < 4.78 is 3.54. The van der Waals surface area contributed by atoms with Gasteiger partial charge >= 0.3 is 0 Å². The molecule has 0 unspecified atom stereocenters. The molecule has 2 aromatic carbocycles. The van der Waals surface area contributed by atoms with Crippen LogP contribution in [-0.4, -0.2) is 25.7 Å². The van der Waals surface area contributed by atoms with Crippen molar-refractivity contribution in [3.8, 4) is 5.69 Å². The Hall–Kier alpha value is -2.58. The van der Waals surface area contributed by atoms with Crippen molar-refractivity contribution in [1.82, 2.24) is 19.7 Å². The minimum Gasteiger partial charge on any atom is -0.298 e. The second-order valence-electron chi connectivity index (χ2n) is 4.97. The number of halogens is 1. The fourth-order valence-electron chi connectivity index (χ4n) is 2.27. The van der Waals surface area contributed by atoms with Gasteiger partial charge in [0.2, 0.25) is 0 Å². The van der Waals surface area contributed by atoms with Gasteiger partial charge in [0.1, 0.15) is 12.7 Å². The molecule has 8 heteroatoms. The molecule has 1 amide bonds. The van der Waals surface area contributed by atoms with Crippen molar-refractivity contribution in [2.24, 2.45) is 0 Å². The molecule has 0 aliphatic heterocycles. The van der Waals surface area contributed by atoms with Crippen molar-refractivity contribution in [3.63, 3.8) is 0 Å². The standard InChI is InChI=1S/C16H10BrN5OS/c17-12-4-2-1-3-11(12)15(23)21-16-20-13-6-5-10(7-14(13)24-16)22-8-18-19-9-22/h1-9H,(H,20,21,23). The molecule has 0 aliphatic rings. The smallest absolute Gasteiger partial charge is 0.258 e. The number of thiazole rings is 1. The first-order valence-corrected chi connectivity index (χ1v) is 8.63. The zero-order valence-corrected chi connectivity index (χ0v) is 14.6. The molecule has 4 rings (SSSR count). The largest absolute Gasteiger partial charge is 0.298 e. The molecule has 2 aromatic heterocycles. The summed E-state index contributed by atoms with van der Waals surface area (Å²) in [6, 6.07) is 13.1. The van der Waals surface area contributed by atoms with Crippen LogP contribution in [0, 0.1) is 0 Å². The summed E-state index contributed by atoms with van der Waals surface area (Å²) in [5.41, 5.74) is 2.35. The third kappa shape index (κ3) is 2.81. The van der Waals surface area contributed by atoms with E-state index in [4.69, 9.17) is 0 Å². The fourth-order valence-corrected chi connectivity index (χ4v) is 3.63. The van der Waals surface area contributed by atoms with Crippen LogP contribution in [-0.2, 0) is 0 Å². The first-order chi connectivity index (χ1) is 11.7. The Morgan fingerprint density at radius 1 is 1.12 bits per heavy atom.